The van der Waals surface area contributed by atoms with Crippen LogP contribution in [0.3, 0.4) is 0 Å². The van der Waals surface area contributed by atoms with E-state index in [0.29, 0.717) is 44.7 Å². The standard InChI is InChI=1S/C23H30ClF2N3O3/c24-18-15-17(3-5-19(18)25)4-6-22(31)29-12-8-23(32)28(13-14-29)10-2-1-9-27-11-7-21(30)20(26)16-27/h3-6,15,20-21,30H,1-2,7-14,16H2/b6-4+. The molecular formula is C23H30ClF2N3O3. The number of alkyl halides is 1. The molecule has 0 bridgehead atoms. The molecule has 3 rings (SSSR count). The van der Waals surface area contributed by atoms with Crippen molar-refractivity contribution in [1.29, 1.82) is 0 Å². The minimum Gasteiger partial charge on any atom is -0.390 e. The number of hydrogen-bond acceptors (Lipinski definition) is 4. The van der Waals surface area contributed by atoms with Crippen molar-refractivity contribution in [3.63, 3.8) is 0 Å². The van der Waals surface area contributed by atoms with Crippen molar-refractivity contribution in [2.24, 2.45) is 0 Å². The number of hydrogen-bond donors (Lipinski definition) is 1. The van der Waals surface area contributed by atoms with E-state index in [4.69, 9.17) is 11.6 Å². The summed E-state index contributed by atoms with van der Waals surface area (Å²) in [6.45, 7) is 3.60. The molecule has 2 unspecified atom stereocenters. The lowest BCUT2D eigenvalue weighted by atomic mass is 10.1. The largest absolute Gasteiger partial charge is 0.390 e. The van der Waals surface area contributed by atoms with Crippen molar-refractivity contribution in [2.45, 2.75) is 38.0 Å². The Morgan fingerprint density at radius 2 is 1.97 bits per heavy atom. The normalized spacial score (nSPS) is 23.1. The van der Waals surface area contributed by atoms with Gasteiger partial charge in [-0.1, -0.05) is 17.7 Å². The molecule has 0 spiro atoms. The summed E-state index contributed by atoms with van der Waals surface area (Å²) in [4.78, 5) is 30.4. The number of amides is 2. The van der Waals surface area contributed by atoms with Crippen LogP contribution >= 0.6 is 11.6 Å². The molecule has 32 heavy (non-hydrogen) atoms. The first-order chi connectivity index (χ1) is 15.3. The third-order valence-electron chi connectivity index (χ3n) is 6.01. The van der Waals surface area contributed by atoms with Crippen LogP contribution in [0.5, 0.6) is 0 Å². The third kappa shape index (κ3) is 6.98. The predicted octanol–water partition coefficient (Wildman–Crippen LogP) is 2.74. The van der Waals surface area contributed by atoms with Crippen molar-refractivity contribution in [2.75, 3.05) is 45.8 Å². The number of halogens is 3. The van der Waals surface area contributed by atoms with Crippen molar-refractivity contribution in [3.8, 4) is 0 Å². The van der Waals surface area contributed by atoms with E-state index < -0.39 is 18.1 Å². The number of aliphatic hydroxyl groups excluding tert-OH is 1. The molecule has 1 aromatic carbocycles. The van der Waals surface area contributed by atoms with Crippen LogP contribution < -0.4 is 0 Å². The molecule has 9 heteroatoms. The lowest BCUT2D eigenvalue weighted by Crippen LogP contribution is -2.44. The molecule has 2 saturated heterocycles. The minimum absolute atomic E-state index is 0.00185. The van der Waals surface area contributed by atoms with Crippen LogP contribution in [0.25, 0.3) is 6.08 Å². The number of carbonyl (C=O) groups is 2. The van der Waals surface area contributed by atoms with E-state index in [0.717, 1.165) is 19.4 Å². The molecule has 2 atom stereocenters. The summed E-state index contributed by atoms with van der Waals surface area (Å²) in [5, 5.41) is 9.47. The number of unbranched alkanes of at least 4 members (excludes halogenated alkanes) is 1. The van der Waals surface area contributed by atoms with Crippen LogP contribution in [0.2, 0.25) is 5.02 Å². The van der Waals surface area contributed by atoms with Gasteiger partial charge < -0.3 is 19.8 Å². The van der Waals surface area contributed by atoms with Crippen LogP contribution in [-0.2, 0) is 9.59 Å². The van der Waals surface area contributed by atoms with Gasteiger partial charge in [-0.3, -0.25) is 9.59 Å². The van der Waals surface area contributed by atoms with Crippen molar-refractivity contribution < 1.29 is 23.5 Å². The Bertz CT molecular complexity index is 839. The Hall–Kier alpha value is -2.03. The van der Waals surface area contributed by atoms with E-state index in [1.165, 1.54) is 18.2 Å². The second-order valence-corrected chi connectivity index (χ2v) is 8.75. The van der Waals surface area contributed by atoms with Gasteiger partial charge in [0.1, 0.15) is 12.0 Å². The molecular weight excluding hydrogens is 440 g/mol. The monoisotopic (exact) mass is 469 g/mol. The molecule has 2 fully saturated rings. The van der Waals surface area contributed by atoms with Gasteiger partial charge in [-0.2, -0.15) is 0 Å². The highest BCUT2D eigenvalue weighted by atomic mass is 35.5. The lowest BCUT2D eigenvalue weighted by molar-refractivity contribution is -0.130. The van der Waals surface area contributed by atoms with Crippen LogP contribution in [-0.4, -0.2) is 89.7 Å². The molecule has 0 saturated carbocycles. The van der Waals surface area contributed by atoms with Gasteiger partial charge in [-0.05, 0) is 49.6 Å². The summed E-state index contributed by atoms with van der Waals surface area (Å²) >= 11 is 5.76. The summed E-state index contributed by atoms with van der Waals surface area (Å²) in [5.74, 6) is -0.685. The van der Waals surface area contributed by atoms with Gasteiger partial charge in [0, 0.05) is 51.8 Å². The molecule has 2 aliphatic heterocycles. The highest BCUT2D eigenvalue weighted by Gasteiger charge is 2.27. The number of likely N-dealkylation sites (tertiary alicyclic amines) is 1. The van der Waals surface area contributed by atoms with E-state index in [9.17, 15) is 23.5 Å². The SMILES string of the molecule is O=C(/C=C/c1ccc(F)c(Cl)c1)N1CCC(=O)N(CCCCN2CCC(O)C(F)C2)CC1. The molecule has 0 aliphatic carbocycles. The van der Waals surface area contributed by atoms with Gasteiger partial charge in [-0.25, -0.2) is 8.78 Å². The summed E-state index contributed by atoms with van der Waals surface area (Å²) in [5.41, 5.74) is 0.625. The summed E-state index contributed by atoms with van der Waals surface area (Å²) in [7, 11) is 0. The Labute approximate surface area is 192 Å². The maximum absolute atomic E-state index is 13.6. The number of rotatable bonds is 7. The number of carbonyl (C=O) groups excluding carboxylic acids is 2. The van der Waals surface area contributed by atoms with Crippen molar-refractivity contribution in [3.05, 3.63) is 40.7 Å². The number of nitrogens with zero attached hydrogens (tertiary/aromatic N) is 3. The second kappa shape index (κ2) is 11.7. The van der Waals surface area contributed by atoms with Crippen molar-refractivity contribution >= 4 is 29.5 Å². The first kappa shape index (κ1) is 24.6. The summed E-state index contributed by atoms with van der Waals surface area (Å²) in [6, 6.07) is 4.24. The Balaban J connectivity index is 1.41. The Kier molecular flexibility index (Phi) is 9.02. The Morgan fingerprint density at radius 3 is 2.72 bits per heavy atom. The van der Waals surface area contributed by atoms with E-state index in [-0.39, 0.29) is 29.8 Å². The molecule has 1 N–H and O–H groups in total. The second-order valence-electron chi connectivity index (χ2n) is 8.34. The minimum atomic E-state index is -1.19. The third-order valence-corrected chi connectivity index (χ3v) is 6.30. The number of piperidine rings is 1. The van der Waals surface area contributed by atoms with Crippen LogP contribution in [0, 0.1) is 5.82 Å². The molecule has 2 aliphatic rings. The van der Waals surface area contributed by atoms with Crippen LogP contribution in [0.15, 0.2) is 24.3 Å². The summed E-state index contributed by atoms with van der Waals surface area (Å²) < 4.78 is 26.9. The molecule has 6 nitrogen and oxygen atoms in total. The zero-order valence-corrected chi connectivity index (χ0v) is 18.8. The number of aliphatic hydroxyl groups is 1. The lowest BCUT2D eigenvalue weighted by Gasteiger charge is -2.32. The van der Waals surface area contributed by atoms with Crippen molar-refractivity contribution in [1.82, 2.24) is 14.7 Å². The molecule has 1 aromatic rings. The molecule has 0 radical (unpaired) electrons. The van der Waals surface area contributed by atoms with Gasteiger partial charge in [-0.15, -0.1) is 0 Å². The first-order valence-electron chi connectivity index (χ1n) is 11.1. The molecule has 176 valence electrons. The summed E-state index contributed by atoms with van der Waals surface area (Å²) in [6.07, 6.45) is 3.34. The maximum Gasteiger partial charge on any atom is 0.246 e. The van der Waals surface area contributed by atoms with E-state index in [1.54, 1.807) is 21.9 Å². The fraction of sp³-hybridized carbons (Fsp3) is 0.565. The fourth-order valence-electron chi connectivity index (χ4n) is 4.01. The number of benzene rings is 1. The quantitative estimate of drug-likeness (QED) is 0.492. The van der Waals surface area contributed by atoms with Gasteiger partial charge in [0.25, 0.3) is 0 Å². The average molecular weight is 470 g/mol. The maximum atomic E-state index is 13.6. The van der Waals surface area contributed by atoms with Gasteiger partial charge >= 0.3 is 0 Å². The van der Waals surface area contributed by atoms with Gasteiger partial charge in [0.2, 0.25) is 11.8 Å². The predicted molar refractivity (Wildman–Crippen MR) is 119 cm³/mol. The van der Waals surface area contributed by atoms with E-state index in [1.807, 2.05) is 4.90 Å². The zero-order valence-electron chi connectivity index (χ0n) is 18.1. The van der Waals surface area contributed by atoms with E-state index >= 15 is 0 Å². The zero-order chi connectivity index (χ0) is 23.1. The molecule has 2 amide bonds. The first-order valence-corrected chi connectivity index (χ1v) is 11.5. The fourth-order valence-corrected chi connectivity index (χ4v) is 4.20. The van der Waals surface area contributed by atoms with Crippen LogP contribution in [0.4, 0.5) is 8.78 Å². The van der Waals surface area contributed by atoms with Gasteiger partial charge in [0.15, 0.2) is 0 Å². The molecule has 2 heterocycles. The smallest absolute Gasteiger partial charge is 0.246 e. The van der Waals surface area contributed by atoms with Crippen LogP contribution in [0.1, 0.15) is 31.2 Å². The van der Waals surface area contributed by atoms with Gasteiger partial charge in [0.05, 0.1) is 11.1 Å². The highest BCUT2D eigenvalue weighted by Crippen LogP contribution is 2.17. The highest BCUT2D eigenvalue weighted by molar-refractivity contribution is 6.30. The average Bonchev–Trinajstić information content (AvgIpc) is 2.96. The van der Waals surface area contributed by atoms with E-state index in [2.05, 4.69) is 0 Å². The topological polar surface area (TPSA) is 64.1 Å². The molecule has 0 aromatic heterocycles. The Morgan fingerprint density at radius 1 is 1.19 bits per heavy atom.